The Morgan fingerprint density at radius 1 is 1.00 bits per heavy atom. The topological polar surface area (TPSA) is 200 Å². The number of hydrogen-bond donors (Lipinski definition) is 2. The average molecular weight is 916 g/mol. The van der Waals surface area contributed by atoms with Crippen molar-refractivity contribution in [2.45, 2.75) is 51.3 Å². The van der Waals surface area contributed by atoms with Gasteiger partial charge in [-0.15, -0.1) is 0 Å². The van der Waals surface area contributed by atoms with E-state index in [1.165, 1.54) is 12.3 Å². The molecule has 3 aliphatic heterocycles. The number of nitrogens with zero attached hydrogens (tertiary/aromatic N) is 6. The summed E-state index contributed by atoms with van der Waals surface area (Å²) in [5.74, 6) is 1.40. The van der Waals surface area contributed by atoms with Gasteiger partial charge in [-0.2, -0.15) is 0 Å². The fourth-order valence-electron chi connectivity index (χ4n) is 8.58. The number of ether oxygens (including phenoxy) is 5. The van der Waals surface area contributed by atoms with E-state index in [9.17, 15) is 24.5 Å². The predicted octanol–water partition coefficient (Wildman–Crippen LogP) is 6.59. The molecule has 62 heavy (non-hydrogen) atoms. The summed E-state index contributed by atoms with van der Waals surface area (Å²) in [5.41, 5.74) is 3.23. The van der Waals surface area contributed by atoms with E-state index in [1.807, 2.05) is 11.8 Å². The van der Waals surface area contributed by atoms with E-state index in [2.05, 4.69) is 43.1 Å². The minimum absolute atomic E-state index is 0.0425. The van der Waals surface area contributed by atoms with Gasteiger partial charge in [-0.05, 0) is 81.0 Å². The SMILES string of the molecule is C=C1[C@H]2[C@H]3CC[C@H](C3)N2C(=O)N1c1ccc([N+](=O)[O-])c2ccc(OCCOCCOCC(=O)N3CCO[C@H](COc4cc(C)c(Br)cc4NC(=O)Nc4cnc(C)cn4)C3)cc12. The highest BCUT2D eigenvalue weighted by molar-refractivity contribution is 9.10. The third-order valence-electron chi connectivity index (χ3n) is 11.5. The molecule has 4 atom stereocenters. The lowest BCUT2D eigenvalue weighted by atomic mass is 9.97. The van der Waals surface area contributed by atoms with Crippen LogP contribution in [-0.4, -0.2) is 120 Å². The zero-order valence-corrected chi connectivity index (χ0v) is 35.9. The smallest absolute Gasteiger partial charge is 0.329 e. The van der Waals surface area contributed by atoms with E-state index >= 15 is 0 Å². The molecule has 18 nitrogen and oxygen atoms in total. The summed E-state index contributed by atoms with van der Waals surface area (Å²) in [6, 6.07) is 11.1. The van der Waals surface area contributed by atoms with Crippen molar-refractivity contribution in [1.82, 2.24) is 19.8 Å². The number of carbonyl (C=O) groups excluding carboxylic acids is 3. The lowest BCUT2D eigenvalue weighted by Crippen LogP contribution is -2.48. The number of non-ortho nitro benzene ring substituents is 1. The van der Waals surface area contributed by atoms with Gasteiger partial charge < -0.3 is 38.8 Å². The maximum Gasteiger partial charge on any atom is 0.329 e. The number of urea groups is 2. The quantitative estimate of drug-likeness (QED) is 0.0696. The summed E-state index contributed by atoms with van der Waals surface area (Å²) in [4.78, 5) is 64.5. The Labute approximate surface area is 365 Å². The first-order valence-corrected chi connectivity index (χ1v) is 21.2. The molecule has 4 fully saturated rings. The van der Waals surface area contributed by atoms with Gasteiger partial charge in [0, 0.05) is 34.2 Å². The van der Waals surface area contributed by atoms with Gasteiger partial charge in [0.1, 0.15) is 37.4 Å². The van der Waals surface area contributed by atoms with E-state index in [-0.39, 0.29) is 69.4 Å². The van der Waals surface area contributed by atoms with Crippen LogP contribution in [0.25, 0.3) is 10.8 Å². The summed E-state index contributed by atoms with van der Waals surface area (Å²) in [7, 11) is 0. The number of carbonyl (C=O) groups is 3. The molecule has 4 aliphatic rings. The Morgan fingerprint density at radius 3 is 2.61 bits per heavy atom. The highest BCUT2D eigenvalue weighted by Gasteiger charge is 2.56. The van der Waals surface area contributed by atoms with Crippen molar-refractivity contribution in [3.63, 3.8) is 0 Å². The largest absolute Gasteiger partial charge is 0.491 e. The van der Waals surface area contributed by atoms with Crippen LogP contribution in [0.5, 0.6) is 11.5 Å². The molecule has 1 aliphatic carbocycles. The Balaban J connectivity index is 0.770. The van der Waals surface area contributed by atoms with E-state index in [0.717, 1.165) is 35.0 Å². The lowest BCUT2D eigenvalue weighted by Gasteiger charge is -2.33. The normalized spacial score (nSPS) is 20.5. The van der Waals surface area contributed by atoms with Gasteiger partial charge in [-0.3, -0.25) is 30.1 Å². The number of hydrogen-bond acceptors (Lipinski definition) is 12. The molecule has 1 saturated carbocycles. The van der Waals surface area contributed by atoms with Crippen LogP contribution < -0.4 is 25.0 Å². The molecule has 8 rings (SSSR count). The summed E-state index contributed by atoms with van der Waals surface area (Å²) in [6.07, 6.45) is 5.65. The number of fused-ring (bicyclic) bond motifs is 6. The Kier molecular flexibility index (Phi) is 12.8. The molecule has 2 bridgehead atoms. The first-order chi connectivity index (χ1) is 29.9. The van der Waals surface area contributed by atoms with Gasteiger partial charge >= 0.3 is 12.1 Å². The van der Waals surface area contributed by atoms with Gasteiger partial charge in [-0.25, -0.2) is 14.6 Å². The number of piperidine rings is 1. The number of aromatic nitrogens is 2. The third kappa shape index (κ3) is 9.16. The molecular weight excluding hydrogens is 868 g/mol. The molecule has 0 spiro atoms. The monoisotopic (exact) mass is 914 g/mol. The Hall–Kier alpha value is -5.89. The predicted molar refractivity (Wildman–Crippen MR) is 232 cm³/mol. The minimum Gasteiger partial charge on any atom is -0.491 e. The molecule has 0 radical (unpaired) electrons. The van der Waals surface area contributed by atoms with Crippen molar-refractivity contribution in [3.8, 4) is 11.5 Å². The average Bonchev–Trinajstić information content (AvgIpc) is 3.96. The molecule has 1 aromatic heterocycles. The van der Waals surface area contributed by atoms with E-state index in [4.69, 9.17) is 23.7 Å². The van der Waals surface area contributed by atoms with Crippen LogP contribution in [0.4, 0.5) is 32.5 Å². The zero-order chi connectivity index (χ0) is 43.5. The molecule has 19 heteroatoms. The maximum atomic E-state index is 13.7. The van der Waals surface area contributed by atoms with Crippen molar-refractivity contribution in [3.05, 3.63) is 93.0 Å². The number of nitrogens with one attached hydrogen (secondary N) is 2. The highest BCUT2D eigenvalue weighted by atomic mass is 79.9. The number of amides is 5. The van der Waals surface area contributed by atoms with Crippen LogP contribution in [0.2, 0.25) is 0 Å². The number of morpholine rings is 1. The van der Waals surface area contributed by atoms with E-state index in [0.29, 0.717) is 70.8 Å². The van der Waals surface area contributed by atoms with Crippen molar-refractivity contribution in [2.24, 2.45) is 5.92 Å². The second kappa shape index (κ2) is 18.6. The summed E-state index contributed by atoms with van der Waals surface area (Å²) in [6.45, 7) is 9.87. The number of halogens is 1. The summed E-state index contributed by atoms with van der Waals surface area (Å²) < 4.78 is 30.1. The fourth-order valence-corrected chi connectivity index (χ4v) is 8.92. The molecule has 3 saturated heterocycles. The third-order valence-corrected chi connectivity index (χ3v) is 12.4. The highest BCUT2D eigenvalue weighted by Crippen LogP contribution is 2.51. The van der Waals surface area contributed by atoms with E-state index < -0.39 is 17.1 Å². The van der Waals surface area contributed by atoms with Crippen LogP contribution in [-0.2, 0) is 19.0 Å². The number of nitro benzene ring substituents is 1. The van der Waals surface area contributed by atoms with Crippen LogP contribution >= 0.6 is 15.9 Å². The Bertz CT molecular complexity index is 2360. The summed E-state index contributed by atoms with van der Waals surface area (Å²) in [5, 5.41) is 18.3. The number of anilines is 3. The number of nitro groups is 1. The molecule has 2 N–H and O–H groups in total. The molecule has 4 aromatic rings. The van der Waals surface area contributed by atoms with Crippen molar-refractivity contribution < 1.29 is 43.0 Å². The van der Waals surface area contributed by atoms with Crippen LogP contribution in [0, 0.1) is 29.9 Å². The molecular formula is C43H47BrN8O10. The van der Waals surface area contributed by atoms with Crippen LogP contribution in [0.15, 0.2) is 71.6 Å². The van der Waals surface area contributed by atoms with Gasteiger partial charge in [0.2, 0.25) is 5.91 Å². The number of aryl methyl sites for hydroxylation is 2. The summed E-state index contributed by atoms with van der Waals surface area (Å²) >= 11 is 3.51. The van der Waals surface area contributed by atoms with Gasteiger partial charge in [0.05, 0.1) is 78.8 Å². The van der Waals surface area contributed by atoms with Crippen LogP contribution in [0.1, 0.15) is 30.5 Å². The maximum absolute atomic E-state index is 13.7. The Morgan fingerprint density at radius 2 is 1.82 bits per heavy atom. The van der Waals surface area contributed by atoms with E-state index in [1.54, 1.807) is 59.3 Å². The standard InChI is InChI=1S/C43H47BrN8O10/c1-25-16-38(35(19-34(25)44)47-42(54)48-39-21-45-26(2)20-46-39)62-23-31-22-49(10-11-60-31)40(53)24-59-13-12-58-14-15-61-30-6-7-32-33(18-30)36(8-9-37(32)52(56)57)50-27(3)41-28-4-5-29(17-28)51(41)43(50)55/h6-9,16,18-21,28-29,31,41H,3-5,10-15,17,22-24H2,1-2H3,(H2,46,47,48,54)/t28-,29+,31-,41-/m0/s1. The first kappa shape index (κ1) is 42.8. The molecule has 0 unspecified atom stereocenters. The van der Waals surface area contributed by atoms with Crippen molar-refractivity contribution in [1.29, 1.82) is 0 Å². The van der Waals surface area contributed by atoms with Crippen molar-refractivity contribution >= 4 is 67.6 Å². The molecule has 3 aromatic carbocycles. The number of rotatable bonds is 16. The van der Waals surface area contributed by atoms with Crippen LogP contribution in [0.3, 0.4) is 0 Å². The molecule has 5 amide bonds. The zero-order valence-electron chi connectivity index (χ0n) is 34.3. The molecule has 326 valence electrons. The first-order valence-electron chi connectivity index (χ1n) is 20.4. The second-order valence-corrected chi connectivity index (χ2v) is 16.5. The minimum atomic E-state index is -0.517. The van der Waals surface area contributed by atoms with Gasteiger partial charge in [0.25, 0.3) is 5.69 Å². The fraction of sp³-hybridized carbons (Fsp3) is 0.419. The lowest BCUT2D eigenvalue weighted by molar-refractivity contribution is -0.383. The second-order valence-electron chi connectivity index (χ2n) is 15.6. The van der Waals surface area contributed by atoms with Gasteiger partial charge in [0.15, 0.2) is 5.82 Å². The van der Waals surface area contributed by atoms with Crippen molar-refractivity contribution in [2.75, 3.05) is 74.9 Å². The molecule has 4 heterocycles. The van der Waals surface area contributed by atoms with Gasteiger partial charge in [-0.1, -0.05) is 22.5 Å². The number of benzene rings is 3.